The molecule has 0 aliphatic rings. The Morgan fingerprint density at radius 3 is 2.47 bits per heavy atom. The zero-order valence-electron chi connectivity index (χ0n) is 11.7. The topological polar surface area (TPSA) is 26.3 Å². The van der Waals surface area contributed by atoms with Gasteiger partial charge in [-0.1, -0.05) is 26.2 Å². The lowest BCUT2D eigenvalue weighted by Gasteiger charge is -2.06. The van der Waals surface area contributed by atoms with E-state index >= 15 is 0 Å². The number of unbranched alkanes of at least 4 members (excludes halogenated alkanes) is 3. The van der Waals surface area contributed by atoms with Crippen molar-refractivity contribution in [2.24, 2.45) is 0 Å². The summed E-state index contributed by atoms with van der Waals surface area (Å²) < 4.78 is 5.64. The van der Waals surface area contributed by atoms with Gasteiger partial charge in [0.05, 0.1) is 6.61 Å². The Labute approximate surface area is 121 Å². The molecule has 0 unspecified atom stereocenters. The number of carbonyl (C=O) groups is 1. The maximum Gasteiger partial charge on any atom is 0.162 e. The molecule has 0 bridgehead atoms. The molecule has 0 fully saturated rings. The molecule has 1 aromatic rings. The van der Waals surface area contributed by atoms with Gasteiger partial charge in [0, 0.05) is 17.9 Å². The Bertz CT molecular complexity index is 360. The summed E-state index contributed by atoms with van der Waals surface area (Å²) in [5.41, 5.74) is 0.739. The second-order valence-electron chi connectivity index (χ2n) is 4.65. The maximum absolute atomic E-state index is 11.7. The Balaban J connectivity index is 2.32. The summed E-state index contributed by atoms with van der Waals surface area (Å²) in [5.74, 6) is 1.52. The normalized spacial score (nSPS) is 10.4. The van der Waals surface area contributed by atoms with Crippen LogP contribution in [0.4, 0.5) is 0 Å². The van der Waals surface area contributed by atoms with Crippen molar-refractivity contribution in [2.45, 2.75) is 45.4 Å². The van der Waals surface area contributed by atoms with Crippen LogP contribution in [0, 0.1) is 0 Å². The van der Waals surface area contributed by atoms with E-state index < -0.39 is 0 Å². The molecule has 3 heteroatoms. The van der Waals surface area contributed by atoms with E-state index in [4.69, 9.17) is 16.3 Å². The lowest BCUT2D eigenvalue weighted by atomic mass is 10.1. The van der Waals surface area contributed by atoms with E-state index in [0.717, 1.165) is 30.8 Å². The number of ketones is 1. The largest absolute Gasteiger partial charge is 0.494 e. The van der Waals surface area contributed by atoms with Gasteiger partial charge < -0.3 is 4.74 Å². The van der Waals surface area contributed by atoms with Gasteiger partial charge in [-0.25, -0.2) is 0 Å². The summed E-state index contributed by atoms with van der Waals surface area (Å²) in [6.45, 7) is 2.94. The fraction of sp³-hybridized carbons (Fsp3) is 0.562. The molecule has 0 saturated heterocycles. The van der Waals surface area contributed by atoms with Gasteiger partial charge >= 0.3 is 0 Å². The SMILES string of the molecule is CCCCCCOc1ccc(C(=O)CCCCl)cc1. The standard InChI is InChI=1S/C16H23ClO2/c1-2-3-4-5-13-19-15-10-8-14(9-11-15)16(18)7-6-12-17/h8-11H,2-7,12-13H2,1H3. The second kappa shape index (κ2) is 9.85. The molecule has 0 aromatic heterocycles. The van der Waals surface area contributed by atoms with E-state index in [9.17, 15) is 4.79 Å². The zero-order valence-corrected chi connectivity index (χ0v) is 12.4. The Morgan fingerprint density at radius 1 is 1.11 bits per heavy atom. The molecule has 106 valence electrons. The average Bonchev–Trinajstić information content (AvgIpc) is 2.45. The van der Waals surface area contributed by atoms with Crippen LogP contribution in [-0.2, 0) is 0 Å². The molecule has 0 amide bonds. The van der Waals surface area contributed by atoms with Gasteiger partial charge in [0.15, 0.2) is 5.78 Å². The first-order valence-electron chi connectivity index (χ1n) is 7.10. The minimum Gasteiger partial charge on any atom is -0.494 e. The number of alkyl halides is 1. The highest BCUT2D eigenvalue weighted by Crippen LogP contribution is 2.15. The number of hydrogen-bond acceptors (Lipinski definition) is 2. The smallest absolute Gasteiger partial charge is 0.162 e. The van der Waals surface area contributed by atoms with Gasteiger partial charge in [0.2, 0.25) is 0 Å². The molecule has 0 N–H and O–H groups in total. The minimum atomic E-state index is 0.148. The maximum atomic E-state index is 11.7. The van der Waals surface area contributed by atoms with Gasteiger partial charge in [0.1, 0.15) is 5.75 Å². The number of hydrogen-bond donors (Lipinski definition) is 0. The number of carbonyl (C=O) groups excluding carboxylic acids is 1. The van der Waals surface area contributed by atoms with E-state index in [0.29, 0.717) is 12.3 Å². The van der Waals surface area contributed by atoms with Gasteiger partial charge in [-0.2, -0.15) is 0 Å². The molecule has 0 spiro atoms. The number of Topliss-reactive ketones (excluding diaryl/α,β-unsaturated/α-hetero) is 1. The van der Waals surface area contributed by atoms with Gasteiger partial charge in [-0.15, -0.1) is 11.6 Å². The highest BCUT2D eigenvalue weighted by Gasteiger charge is 2.05. The van der Waals surface area contributed by atoms with Crippen molar-refractivity contribution in [3.05, 3.63) is 29.8 Å². The fourth-order valence-corrected chi connectivity index (χ4v) is 1.96. The number of benzene rings is 1. The lowest BCUT2D eigenvalue weighted by Crippen LogP contribution is -2.00. The molecule has 0 aliphatic carbocycles. The number of halogens is 1. The van der Waals surface area contributed by atoms with Gasteiger partial charge in [-0.3, -0.25) is 4.79 Å². The summed E-state index contributed by atoms with van der Waals surface area (Å²) in [6, 6.07) is 7.40. The molecule has 2 nitrogen and oxygen atoms in total. The first-order chi connectivity index (χ1) is 9.27. The van der Waals surface area contributed by atoms with Crippen molar-refractivity contribution in [1.29, 1.82) is 0 Å². The Morgan fingerprint density at radius 2 is 1.84 bits per heavy atom. The van der Waals surface area contributed by atoms with Crippen molar-refractivity contribution in [3.8, 4) is 5.75 Å². The molecular formula is C16H23ClO2. The third kappa shape index (κ3) is 6.63. The average molecular weight is 283 g/mol. The first kappa shape index (κ1) is 16.0. The van der Waals surface area contributed by atoms with Crippen molar-refractivity contribution in [2.75, 3.05) is 12.5 Å². The molecule has 0 radical (unpaired) electrons. The minimum absolute atomic E-state index is 0.148. The van der Waals surface area contributed by atoms with Crippen LogP contribution in [0.3, 0.4) is 0 Å². The van der Waals surface area contributed by atoms with Crippen LogP contribution in [0.25, 0.3) is 0 Å². The lowest BCUT2D eigenvalue weighted by molar-refractivity contribution is 0.0982. The predicted octanol–water partition coefficient (Wildman–Crippen LogP) is 4.85. The van der Waals surface area contributed by atoms with E-state index in [1.165, 1.54) is 19.3 Å². The molecule has 0 heterocycles. The summed E-state index contributed by atoms with van der Waals surface area (Å²) in [5, 5.41) is 0. The summed E-state index contributed by atoms with van der Waals surface area (Å²) >= 11 is 5.58. The molecule has 19 heavy (non-hydrogen) atoms. The van der Waals surface area contributed by atoms with Crippen molar-refractivity contribution < 1.29 is 9.53 Å². The van der Waals surface area contributed by atoms with Crippen LogP contribution in [0.5, 0.6) is 5.75 Å². The van der Waals surface area contributed by atoms with Crippen molar-refractivity contribution in [3.63, 3.8) is 0 Å². The van der Waals surface area contributed by atoms with E-state index in [1.54, 1.807) is 0 Å². The van der Waals surface area contributed by atoms with E-state index in [1.807, 2.05) is 24.3 Å². The molecular weight excluding hydrogens is 260 g/mol. The highest BCUT2D eigenvalue weighted by molar-refractivity contribution is 6.18. The third-order valence-electron chi connectivity index (χ3n) is 2.98. The highest BCUT2D eigenvalue weighted by atomic mass is 35.5. The Kier molecular flexibility index (Phi) is 8.31. The monoisotopic (exact) mass is 282 g/mol. The fourth-order valence-electron chi connectivity index (χ4n) is 1.83. The summed E-state index contributed by atoms with van der Waals surface area (Å²) in [7, 11) is 0. The molecule has 1 rings (SSSR count). The molecule has 0 saturated carbocycles. The van der Waals surface area contributed by atoms with Crippen molar-refractivity contribution in [1.82, 2.24) is 0 Å². The second-order valence-corrected chi connectivity index (χ2v) is 5.03. The summed E-state index contributed by atoms with van der Waals surface area (Å²) in [4.78, 5) is 11.7. The van der Waals surface area contributed by atoms with Crippen LogP contribution in [-0.4, -0.2) is 18.3 Å². The van der Waals surface area contributed by atoms with E-state index in [2.05, 4.69) is 6.92 Å². The van der Waals surface area contributed by atoms with Crippen LogP contribution in [0.1, 0.15) is 55.8 Å². The molecule has 1 aromatic carbocycles. The van der Waals surface area contributed by atoms with Crippen LogP contribution >= 0.6 is 11.6 Å². The quantitative estimate of drug-likeness (QED) is 0.348. The molecule has 0 atom stereocenters. The van der Waals surface area contributed by atoms with E-state index in [-0.39, 0.29) is 5.78 Å². The summed E-state index contributed by atoms with van der Waals surface area (Å²) in [6.07, 6.45) is 6.04. The first-order valence-corrected chi connectivity index (χ1v) is 7.63. The van der Waals surface area contributed by atoms with Gasteiger partial charge in [-0.05, 0) is 37.1 Å². The number of rotatable bonds is 10. The third-order valence-corrected chi connectivity index (χ3v) is 3.25. The number of ether oxygens (including phenoxy) is 1. The Hall–Kier alpha value is -1.02. The van der Waals surface area contributed by atoms with Crippen LogP contribution in [0.2, 0.25) is 0 Å². The van der Waals surface area contributed by atoms with Crippen LogP contribution < -0.4 is 4.74 Å². The van der Waals surface area contributed by atoms with Crippen LogP contribution in [0.15, 0.2) is 24.3 Å². The predicted molar refractivity (Wildman–Crippen MR) is 80.4 cm³/mol. The van der Waals surface area contributed by atoms with Crippen molar-refractivity contribution >= 4 is 17.4 Å². The molecule has 0 aliphatic heterocycles. The zero-order chi connectivity index (χ0) is 13.9. The van der Waals surface area contributed by atoms with Gasteiger partial charge in [0.25, 0.3) is 0 Å².